The summed E-state index contributed by atoms with van der Waals surface area (Å²) in [5.74, 6) is 1.99. The minimum absolute atomic E-state index is 0.0842. The van der Waals surface area contributed by atoms with Crippen molar-refractivity contribution in [2.45, 2.75) is 24.8 Å². The molecule has 24 heavy (non-hydrogen) atoms. The minimum Gasteiger partial charge on any atom is -0.486 e. The topological polar surface area (TPSA) is 51.7 Å². The fraction of sp³-hybridized carbons (Fsp3) is 0.412. The molecule has 1 aromatic heterocycles. The van der Waals surface area contributed by atoms with Gasteiger partial charge in [-0.1, -0.05) is 6.92 Å². The van der Waals surface area contributed by atoms with Crippen LogP contribution in [-0.2, 0) is 17.8 Å². The summed E-state index contributed by atoms with van der Waals surface area (Å²) in [7, 11) is 1.82. The summed E-state index contributed by atoms with van der Waals surface area (Å²) in [4.78, 5) is 19.5. The summed E-state index contributed by atoms with van der Waals surface area (Å²) in [6.07, 6.45) is 0.933. The molecule has 0 N–H and O–H groups in total. The number of rotatable bonds is 6. The van der Waals surface area contributed by atoms with Crippen molar-refractivity contribution in [3.8, 4) is 11.5 Å². The molecular formula is C17H20N2O3S2. The summed E-state index contributed by atoms with van der Waals surface area (Å²) in [6, 6.07) is 5.78. The molecule has 7 heteroatoms. The van der Waals surface area contributed by atoms with Crippen LogP contribution < -0.4 is 9.47 Å². The maximum Gasteiger partial charge on any atom is 0.233 e. The fourth-order valence-electron chi connectivity index (χ4n) is 2.28. The smallest absolute Gasteiger partial charge is 0.233 e. The first kappa shape index (κ1) is 17.1. The zero-order chi connectivity index (χ0) is 16.9. The van der Waals surface area contributed by atoms with Crippen LogP contribution >= 0.6 is 23.1 Å². The monoisotopic (exact) mass is 364 g/mol. The van der Waals surface area contributed by atoms with Gasteiger partial charge in [0.2, 0.25) is 5.91 Å². The van der Waals surface area contributed by atoms with Crippen LogP contribution in [0.2, 0.25) is 0 Å². The van der Waals surface area contributed by atoms with Crippen molar-refractivity contribution >= 4 is 29.0 Å². The second kappa shape index (κ2) is 7.90. The van der Waals surface area contributed by atoms with Crippen molar-refractivity contribution in [1.29, 1.82) is 0 Å². The van der Waals surface area contributed by atoms with E-state index in [1.165, 1.54) is 11.8 Å². The van der Waals surface area contributed by atoms with Gasteiger partial charge in [0.1, 0.15) is 13.2 Å². The average Bonchev–Trinajstić information content (AvgIpc) is 3.07. The van der Waals surface area contributed by atoms with Crippen LogP contribution in [0.15, 0.2) is 28.5 Å². The van der Waals surface area contributed by atoms with E-state index in [0.29, 0.717) is 25.5 Å². The number of thioether (sulfide) groups is 1. The molecule has 2 heterocycles. The first-order valence-corrected chi connectivity index (χ1v) is 9.72. The van der Waals surface area contributed by atoms with E-state index < -0.39 is 0 Å². The maximum atomic E-state index is 12.3. The highest BCUT2D eigenvalue weighted by molar-refractivity contribution is 8.00. The van der Waals surface area contributed by atoms with Gasteiger partial charge in [-0.25, -0.2) is 4.98 Å². The van der Waals surface area contributed by atoms with E-state index in [-0.39, 0.29) is 5.91 Å². The molecule has 0 radical (unpaired) electrons. The Labute approximate surface area is 150 Å². The molecule has 0 saturated heterocycles. The Morgan fingerprint density at radius 3 is 2.88 bits per heavy atom. The second-order valence-corrected chi connectivity index (χ2v) is 7.42. The van der Waals surface area contributed by atoms with Gasteiger partial charge >= 0.3 is 0 Å². The molecule has 1 amide bonds. The SMILES string of the molecule is CCc1nc(CN(C)C(=O)CSc2ccc3c(c2)OCCO3)cs1. The first-order valence-electron chi connectivity index (χ1n) is 7.85. The predicted molar refractivity (Wildman–Crippen MR) is 96.1 cm³/mol. The highest BCUT2D eigenvalue weighted by atomic mass is 32.2. The van der Waals surface area contributed by atoms with Gasteiger partial charge in [0.25, 0.3) is 0 Å². The van der Waals surface area contributed by atoms with Crippen molar-refractivity contribution in [3.05, 3.63) is 34.3 Å². The molecule has 1 aliphatic rings. The molecule has 1 aliphatic heterocycles. The molecule has 1 aromatic carbocycles. The van der Waals surface area contributed by atoms with E-state index in [4.69, 9.17) is 9.47 Å². The van der Waals surface area contributed by atoms with E-state index in [0.717, 1.165) is 33.5 Å². The van der Waals surface area contributed by atoms with Gasteiger partial charge in [0, 0.05) is 17.3 Å². The van der Waals surface area contributed by atoms with Crippen molar-refractivity contribution in [2.75, 3.05) is 26.0 Å². The van der Waals surface area contributed by atoms with Crippen LogP contribution in [0, 0.1) is 0 Å². The van der Waals surface area contributed by atoms with Crippen molar-refractivity contribution in [2.24, 2.45) is 0 Å². The molecule has 0 bridgehead atoms. The van der Waals surface area contributed by atoms with Crippen molar-refractivity contribution in [1.82, 2.24) is 9.88 Å². The Morgan fingerprint density at radius 1 is 1.33 bits per heavy atom. The van der Waals surface area contributed by atoms with Crippen LogP contribution in [-0.4, -0.2) is 41.8 Å². The number of amides is 1. The normalized spacial score (nSPS) is 12.9. The zero-order valence-corrected chi connectivity index (χ0v) is 15.4. The lowest BCUT2D eigenvalue weighted by Gasteiger charge is -2.19. The van der Waals surface area contributed by atoms with Crippen LogP contribution in [0.1, 0.15) is 17.6 Å². The van der Waals surface area contributed by atoms with Gasteiger partial charge in [0.15, 0.2) is 11.5 Å². The average molecular weight is 364 g/mol. The Balaban J connectivity index is 1.52. The van der Waals surface area contributed by atoms with E-state index in [1.807, 2.05) is 30.6 Å². The van der Waals surface area contributed by atoms with Gasteiger partial charge in [-0.15, -0.1) is 23.1 Å². The van der Waals surface area contributed by atoms with Crippen LogP contribution in [0.4, 0.5) is 0 Å². The lowest BCUT2D eigenvalue weighted by atomic mass is 10.3. The Morgan fingerprint density at radius 2 is 2.12 bits per heavy atom. The highest BCUT2D eigenvalue weighted by Crippen LogP contribution is 2.34. The third-order valence-electron chi connectivity index (χ3n) is 3.60. The predicted octanol–water partition coefficient (Wildman–Crippen LogP) is 3.23. The largest absolute Gasteiger partial charge is 0.486 e. The van der Waals surface area contributed by atoms with Gasteiger partial charge in [-0.3, -0.25) is 4.79 Å². The molecule has 0 aliphatic carbocycles. The lowest BCUT2D eigenvalue weighted by Crippen LogP contribution is -2.27. The fourth-order valence-corrected chi connectivity index (χ4v) is 3.88. The number of thiazole rings is 1. The molecule has 0 spiro atoms. The quantitative estimate of drug-likeness (QED) is 0.737. The number of ether oxygens (including phenoxy) is 2. The van der Waals surface area contributed by atoms with Gasteiger partial charge < -0.3 is 14.4 Å². The third kappa shape index (κ3) is 4.21. The van der Waals surface area contributed by atoms with E-state index >= 15 is 0 Å². The lowest BCUT2D eigenvalue weighted by molar-refractivity contribution is -0.127. The maximum absolute atomic E-state index is 12.3. The van der Waals surface area contributed by atoms with Crippen LogP contribution in [0.3, 0.4) is 0 Å². The number of nitrogens with zero attached hydrogens (tertiary/aromatic N) is 2. The minimum atomic E-state index is 0.0842. The number of aromatic nitrogens is 1. The Kier molecular flexibility index (Phi) is 5.63. The van der Waals surface area contributed by atoms with Crippen LogP contribution in [0.25, 0.3) is 0 Å². The van der Waals surface area contributed by atoms with Gasteiger partial charge in [-0.2, -0.15) is 0 Å². The standard InChI is InChI=1S/C17H20N2O3S2/c1-3-16-18-12(10-24-16)9-19(2)17(20)11-23-13-4-5-14-15(8-13)22-7-6-21-14/h4-5,8,10H,3,6-7,9,11H2,1-2H3. The summed E-state index contributed by atoms with van der Waals surface area (Å²) in [5.41, 5.74) is 0.956. The molecule has 0 saturated carbocycles. The molecule has 0 atom stereocenters. The molecule has 2 aromatic rings. The van der Waals surface area contributed by atoms with Crippen molar-refractivity contribution < 1.29 is 14.3 Å². The summed E-state index contributed by atoms with van der Waals surface area (Å²) in [5, 5.41) is 3.13. The van der Waals surface area contributed by atoms with E-state index in [2.05, 4.69) is 11.9 Å². The summed E-state index contributed by atoms with van der Waals surface area (Å²) >= 11 is 3.15. The molecular weight excluding hydrogens is 344 g/mol. The van der Waals surface area contributed by atoms with E-state index in [1.54, 1.807) is 16.2 Å². The molecule has 5 nitrogen and oxygen atoms in total. The second-order valence-electron chi connectivity index (χ2n) is 5.43. The highest BCUT2D eigenvalue weighted by Gasteiger charge is 2.14. The number of carbonyl (C=O) groups excluding carboxylic acids is 1. The summed E-state index contributed by atoms with van der Waals surface area (Å²) < 4.78 is 11.1. The zero-order valence-electron chi connectivity index (χ0n) is 13.8. The Hall–Kier alpha value is -1.73. The molecule has 3 rings (SSSR count). The number of carbonyl (C=O) groups is 1. The molecule has 128 valence electrons. The number of hydrogen-bond acceptors (Lipinski definition) is 6. The number of aryl methyl sites for hydroxylation is 1. The number of benzene rings is 1. The molecule has 0 unspecified atom stereocenters. The van der Waals surface area contributed by atoms with Crippen LogP contribution in [0.5, 0.6) is 11.5 Å². The molecule has 0 fully saturated rings. The number of hydrogen-bond donors (Lipinski definition) is 0. The van der Waals surface area contributed by atoms with Gasteiger partial charge in [-0.05, 0) is 24.6 Å². The third-order valence-corrected chi connectivity index (χ3v) is 5.62. The first-order chi connectivity index (χ1) is 11.7. The van der Waals surface area contributed by atoms with E-state index in [9.17, 15) is 4.79 Å². The summed E-state index contributed by atoms with van der Waals surface area (Å²) in [6.45, 7) is 3.79. The number of fused-ring (bicyclic) bond motifs is 1. The van der Waals surface area contributed by atoms with Gasteiger partial charge in [0.05, 0.1) is 23.0 Å². The Bertz CT molecular complexity index is 718. The van der Waals surface area contributed by atoms with Crippen molar-refractivity contribution in [3.63, 3.8) is 0 Å².